The Morgan fingerprint density at radius 1 is 1.20 bits per heavy atom. The van der Waals surface area contributed by atoms with Crippen molar-refractivity contribution < 1.29 is 0 Å². The van der Waals surface area contributed by atoms with E-state index in [1.54, 1.807) is 0 Å². The van der Waals surface area contributed by atoms with Gasteiger partial charge in [0, 0.05) is 0 Å². The van der Waals surface area contributed by atoms with Crippen molar-refractivity contribution in [2.45, 2.75) is 45.4 Å². The summed E-state index contributed by atoms with van der Waals surface area (Å²) in [7, 11) is 0. The van der Waals surface area contributed by atoms with E-state index in [-0.39, 0.29) is 0 Å². The van der Waals surface area contributed by atoms with Crippen LogP contribution < -0.4 is 0 Å². The number of rotatable bonds is 2. The third-order valence-corrected chi connectivity index (χ3v) is 2.75. The molecule has 10 heavy (non-hydrogen) atoms. The summed E-state index contributed by atoms with van der Waals surface area (Å²) < 4.78 is 0. The number of hydrogen-bond acceptors (Lipinski definition) is 0. The first-order valence-corrected chi connectivity index (χ1v) is 4.62. The van der Waals surface area contributed by atoms with Gasteiger partial charge in [0.15, 0.2) is 0 Å². The smallest absolute Gasteiger partial charge is 0.0414 e. The molecule has 0 saturated heterocycles. The van der Waals surface area contributed by atoms with E-state index in [0.29, 0.717) is 0 Å². The van der Waals surface area contributed by atoms with Crippen molar-refractivity contribution in [3.05, 3.63) is 6.92 Å². The van der Waals surface area contributed by atoms with Gasteiger partial charge in [-0.2, -0.15) is 0 Å². The zero-order valence-corrected chi connectivity index (χ0v) is 7.10. The molecule has 0 heteroatoms. The summed E-state index contributed by atoms with van der Waals surface area (Å²) in [6.07, 6.45) is 8.37. The fraction of sp³-hybridized carbons (Fsp3) is 0.900. The highest BCUT2D eigenvalue weighted by Crippen LogP contribution is 2.30. The molecule has 1 aliphatic carbocycles. The van der Waals surface area contributed by atoms with E-state index in [0.717, 1.165) is 18.3 Å². The predicted molar refractivity (Wildman–Crippen MR) is 45.7 cm³/mol. The molecule has 1 aliphatic rings. The molecule has 0 aromatic heterocycles. The van der Waals surface area contributed by atoms with Crippen LogP contribution in [-0.4, -0.2) is 0 Å². The summed E-state index contributed by atoms with van der Waals surface area (Å²) in [5.74, 6) is 2.02. The van der Waals surface area contributed by atoms with Gasteiger partial charge in [0.25, 0.3) is 0 Å². The van der Waals surface area contributed by atoms with Gasteiger partial charge in [0.05, 0.1) is 0 Å². The fourth-order valence-corrected chi connectivity index (χ4v) is 1.91. The Labute approximate surface area is 65.0 Å². The monoisotopic (exact) mass is 139 g/mol. The molecule has 0 heterocycles. The zero-order valence-electron chi connectivity index (χ0n) is 7.10. The van der Waals surface area contributed by atoms with E-state index in [4.69, 9.17) is 0 Å². The first-order valence-electron chi connectivity index (χ1n) is 4.62. The van der Waals surface area contributed by atoms with Gasteiger partial charge in [-0.1, -0.05) is 52.4 Å². The van der Waals surface area contributed by atoms with Crippen LogP contribution in [0.5, 0.6) is 0 Å². The van der Waals surface area contributed by atoms with E-state index in [9.17, 15) is 0 Å². The molecule has 0 aliphatic heterocycles. The maximum absolute atomic E-state index is 3.90. The molecule has 0 bridgehead atoms. The molecule has 59 valence electrons. The second-order valence-corrected chi connectivity index (χ2v) is 3.77. The van der Waals surface area contributed by atoms with Crippen LogP contribution in [0.15, 0.2) is 0 Å². The van der Waals surface area contributed by atoms with E-state index in [1.165, 1.54) is 32.1 Å². The van der Waals surface area contributed by atoms with Gasteiger partial charge in [-0.15, -0.1) is 0 Å². The molecule has 0 aromatic rings. The first-order chi connectivity index (χ1) is 4.83. The molecule has 1 fully saturated rings. The molecule has 0 atom stereocenters. The molecule has 0 amide bonds. The Morgan fingerprint density at radius 3 is 2.30 bits per heavy atom. The lowest BCUT2D eigenvalue weighted by Gasteiger charge is -2.25. The minimum atomic E-state index is 1.00. The minimum absolute atomic E-state index is 1.00. The second-order valence-electron chi connectivity index (χ2n) is 3.77. The fourth-order valence-electron chi connectivity index (χ4n) is 1.91. The van der Waals surface area contributed by atoms with E-state index in [1.807, 2.05) is 0 Å². The Hall–Kier alpha value is 0. The quantitative estimate of drug-likeness (QED) is 0.550. The summed E-state index contributed by atoms with van der Waals surface area (Å²) in [6, 6.07) is 0. The highest BCUT2D eigenvalue weighted by Gasteiger charge is 2.16. The molecule has 0 aromatic carbocycles. The molecule has 0 N–H and O–H groups in total. The Balaban J connectivity index is 2.13. The van der Waals surface area contributed by atoms with E-state index >= 15 is 0 Å². The van der Waals surface area contributed by atoms with Gasteiger partial charge in [0.1, 0.15) is 0 Å². The van der Waals surface area contributed by atoms with E-state index < -0.39 is 0 Å². The normalized spacial score (nSPS) is 34.2. The summed E-state index contributed by atoms with van der Waals surface area (Å²) >= 11 is 0. The summed E-state index contributed by atoms with van der Waals surface area (Å²) in [5, 5.41) is 0. The minimum Gasteiger partial charge on any atom is -0.0625 e. The molecule has 0 spiro atoms. The summed E-state index contributed by atoms with van der Waals surface area (Å²) in [6.45, 7) is 6.27. The molecule has 1 saturated carbocycles. The third-order valence-electron chi connectivity index (χ3n) is 2.75. The van der Waals surface area contributed by atoms with Crippen molar-refractivity contribution in [2.24, 2.45) is 11.8 Å². The lowest BCUT2D eigenvalue weighted by Crippen LogP contribution is -2.11. The van der Waals surface area contributed by atoms with Gasteiger partial charge in [-0.25, -0.2) is 0 Å². The Kier molecular flexibility index (Phi) is 3.24. The van der Waals surface area contributed by atoms with Crippen LogP contribution in [0.3, 0.4) is 0 Å². The molecule has 1 radical (unpaired) electrons. The lowest BCUT2D eigenvalue weighted by molar-refractivity contribution is 0.278. The Morgan fingerprint density at radius 2 is 1.80 bits per heavy atom. The standard InChI is InChI=1S/C10H19/c1-3-4-10-7-5-9(2)6-8-10/h9-10H,1,3-8H2,2H3. The molecule has 0 nitrogen and oxygen atoms in total. The summed E-state index contributed by atoms with van der Waals surface area (Å²) in [4.78, 5) is 0. The lowest BCUT2D eigenvalue weighted by atomic mass is 9.81. The largest absolute Gasteiger partial charge is 0.0625 e. The maximum Gasteiger partial charge on any atom is -0.0414 e. The molecule has 1 rings (SSSR count). The Bertz CT molecular complexity index is 78.0. The van der Waals surface area contributed by atoms with Crippen LogP contribution in [0.25, 0.3) is 0 Å². The van der Waals surface area contributed by atoms with Gasteiger partial charge < -0.3 is 0 Å². The van der Waals surface area contributed by atoms with Crippen molar-refractivity contribution in [3.8, 4) is 0 Å². The second kappa shape index (κ2) is 4.00. The van der Waals surface area contributed by atoms with Gasteiger partial charge in [-0.3, -0.25) is 0 Å². The van der Waals surface area contributed by atoms with Crippen molar-refractivity contribution in [1.29, 1.82) is 0 Å². The van der Waals surface area contributed by atoms with Crippen molar-refractivity contribution in [2.75, 3.05) is 0 Å². The summed E-state index contributed by atoms with van der Waals surface area (Å²) in [5.41, 5.74) is 0. The maximum atomic E-state index is 3.90. The highest BCUT2D eigenvalue weighted by molar-refractivity contribution is 4.69. The van der Waals surface area contributed by atoms with Crippen molar-refractivity contribution in [3.63, 3.8) is 0 Å². The van der Waals surface area contributed by atoms with Crippen molar-refractivity contribution in [1.82, 2.24) is 0 Å². The van der Waals surface area contributed by atoms with Gasteiger partial charge in [-0.05, 0) is 11.8 Å². The average Bonchev–Trinajstić information content (AvgIpc) is 1.95. The van der Waals surface area contributed by atoms with E-state index in [2.05, 4.69) is 13.8 Å². The van der Waals surface area contributed by atoms with Crippen molar-refractivity contribution >= 4 is 0 Å². The molecule has 0 unspecified atom stereocenters. The molecular formula is C10H19. The van der Waals surface area contributed by atoms with Crippen LogP contribution in [0.2, 0.25) is 0 Å². The average molecular weight is 139 g/mol. The zero-order chi connectivity index (χ0) is 7.40. The molecular weight excluding hydrogens is 120 g/mol. The topological polar surface area (TPSA) is 0 Å². The third kappa shape index (κ3) is 2.32. The first kappa shape index (κ1) is 8.10. The predicted octanol–water partition coefficient (Wildman–Crippen LogP) is 3.43. The SMILES string of the molecule is [CH2]CCC1CCC(C)CC1. The van der Waals surface area contributed by atoms with Crippen LogP contribution in [0.4, 0.5) is 0 Å². The van der Waals surface area contributed by atoms with Crippen LogP contribution in [0, 0.1) is 18.8 Å². The van der Waals surface area contributed by atoms with Gasteiger partial charge in [0.2, 0.25) is 0 Å². The van der Waals surface area contributed by atoms with Gasteiger partial charge >= 0.3 is 0 Å². The number of hydrogen-bond donors (Lipinski definition) is 0. The highest BCUT2D eigenvalue weighted by atomic mass is 14.2. The van der Waals surface area contributed by atoms with Crippen LogP contribution in [0.1, 0.15) is 45.4 Å². The van der Waals surface area contributed by atoms with Crippen LogP contribution >= 0.6 is 0 Å². The van der Waals surface area contributed by atoms with Crippen LogP contribution in [-0.2, 0) is 0 Å².